The number of benzene rings is 1. The lowest BCUT2D eigenvalue weighted by molar-refractivity contribution is -0.135. The summed E-state index contributed by atoms with van der Waals surface area (Å²) in [5, 5.41) is 0. The van der Waals surface area contributed by atoms with Crippen LogP contribution in [-0.2, 0) is 19.7 Å². The third kappa shape index (κ3) is 4.26. The van der Waals surface area contributed by atoms with Crippen LogP contribution in [0.4, 0.5) is 0 Å². The molecule has 1 atom stereocenters. The topological polar surface area (TPSA) is 49.9 Å². The molecule has 5 rings (SSSR count). The number of nitrogens with zero attached hydrogens (tertiary/aromatic N) is 2. The molecule has 0 radical (unpaired) electrons. The van der Waals surface area contributed by atoms with Crippen molar-refractivity contribution < 1.29 is 14.3 Å². The second kappa shape index (κ2) is 8.93. The maximum atomic E-state index is 13.0. The predicted molar refractivity (Wildman–Crippen MR) is 120 cm³/mol. The number of piperidine rings is 1. The van der Waals surface area contributed by atoms with Crippen molar-refractivity contribution in [2.24, 2.45) is 5.92 Å². The van der Waals surface area contributed by atoms with Crippen LogP contribution in [0.5, 0.6) is 0 Å². The smallest absolute Gasteiger partial charge is 0.223 e. The maximum absolute atomic E-state index is 13.0. The van der Waals surface area contributed by atoms with E-state index >= 15 is 0 Å². The van der Waals surface area contributed by atoms with Gasteiger partial charge in [0.15, 0.2) is 0 Å². The van der Waals surface area contributed by atoms with Gasteiger partial charge in [-0.3, -0.25) is 9.59 Å². The normalized spacial score (nSPS) is 25.7. The molecule has 2 saturated heterocycles. The quantitative estimate of drug-likeness (QED) is 0.737. The number of rotatable bonds is 4. The van der Waals surface area contributed by atoms with Crippen LogP contribution < -0.4 is 0 Å². The molecule has 1 saturated carbocycles. The van der Waals surface area contributed by atoms with Crippen LogP contribution in [0.25, 0.3) is 0 Å². The van der Waals surface area contributed by atoms with Crippen LogP contribution in [0.2, 0.25) is 0 Å². The van der Waals surface area contributed by atoms with E-state index in [1.165, 1.54) is 36.8 Å². The first-order valence-corrected chi connectivity index (χ1v) is 12.4. The second-order valence-electron chi connectivity index (χ2n) is 10.2. The van der Waals surface area contributed by atoms with Gasteiger partial charge in [0.1, 0.15) is 0 Å². The third-order valence-electron chi connectivity index (χ3n) is 8.41. The average molecular weight is 425 g/mol. The van der Waals surface area contributed by atoms with Gasteiger partial charge in [-0.05, 0) is 60.5 Å². The number of carbonyl (C=O) groups is 2. The summed E-state index contributed by atoms with van der Waals surface area (Å²) in [6, 6.07) is 8.78. The minimum absolute atomic E-state index is 0.136. The maximum Gasteiger partial charge on any atom is 0.223 e. The monoisotopic (exact) mass is 424 g/mol. The van der Waals surface area contributed by atoms with Crippen LogP contribution in [0.15, 0.2) is 24.3 Å². The molecule has 0 N–H and O–H groups in total. The van der Waals surface area contributed by atoms with Crippen LogP contribution in [0.3, 0.4) is 0 Å². The van der Waals surface area contributed by atoms with Gasteiger partial charge in [-0.15, -0.1) is 0 Å². The van der Waals surface area contributed by atoms with E-state index in [0.717, 1.165) is 51.9 Å². The molecule has 168 valence electrons. The fraction of sp³-hybridized carbons (Fsp3) is 0.692. The number of ether oxygens (including phenoxy) is 1. The highest BCUT2D eigenvalue weighted by molar-refractivity contribution is 5.78. The van der Waals surface area contributed by atoms with Crippen molar-refractivity contribution in [1.29, 1.82) is 0 Å². The summed E-state index contributed by atoms with van der Waals surface area (Å²) in [6.07, 6.45) is 9.51. The number of hydrogen-bond donors (Lipinski definition) is 0. The average Bonchev–Trinajstić information content (AvgIpc) is 3.42. The van der Waals surface area contributed by atoms with Crippen LogP contribution in [0.1, 0.15) is 74.8 Å². The van der Waals surface area contributed by atoms with Gasteiger partial charge >= 0.3 is 0 Å². The molecule has 0 aromatic heterocycles. The van der Waals surface area contributed by atoms with E-state index < -0.39 is 0 Å². The van der Waals surface area contributed by atoms with Crippen molar-refractivity contribution in [2.45, 2.75) is 69.1 Å². The molecule has 31 heavy (non-hydrogen) atoms. The summed E-state index contributed by atoms with van der Waals surface area (Å²) < 4.78 is 5.41. The van der Waals surface area contributed by atoms with Crippen molar-refractivity contribution in [2.75, 3.05) is 39.4 Å². The number of morpholine rings is 1. The van der Waals surface area contributed by atoms with Gasteiger partial charge in [-0.25, -0.2) is 0 Å². The summed E-state index contributed by atoms with van der Waals surface area (Å²) in [7, 11) is 0. The fourth-order valence-electron chi connectivity index (χ4n) is 6.61. The van der Waals surface area contributed by atoms with Crippen LogP contribution >= 0.6 is 0 Å². The number of amides is 2. The summed E-state index contributed by atoms with van der Waals surface area (Å²) in [4.78, 5) is 29.9. The van der Waals surface area contributed by atoms with E-state index in [0.29, 0.717) is 37.4 Å². The van der Waals surface area contributed by atoms with Gasteiger partial charge in [-0.2, -0.15) is 0 Å². The molecule has 2 aliphatic heterocycles. The van der Waals surface area contributed by atoms with Gasteiger partial charge in [0.05, 0.1) is 13.2 Å². The van der Waals surface area contributed by atoms with E-state index in [1.807, 2.05) is 4.90 Å². The highest BCUT2D eigenvalue weighted by Crippen LogP contribution is 2.52. The summed E-state index contributed by atoms with van der Waals surface area (Å²) in [6.45, 7) is 4.48. The van der Waals surface area contributed by atoms with Gasteiger partial charge in [0.25, 0.3) is 0 Å². The zero-order chi connectivity index (χ0) is 21.3. The Labute approximate surface area is 186 Å². The zero-order valence-electron chi connectivity index (χ0n) is 18.7. The molecule has 2 aliphatic carbocycles. The summed E-state index contributed by atoms with van der Waals surface area (Å²) >= 11 is 0. The summed E-state index contributed by atoms with van der Waals surface area (Å²) in [5.74, 6) is 1.55. The number of hydrogen-bond acceptors (Lipinski definition) is 3. The molecule has 2 heterocycles. The molecule has 3 fully saturated rings. The largest absolute Gasteiger partial charge is 0.378 e. The highest BCUT2D eigenvalue weighted by Gasteiger charge is 2.46. The van der Waals surface area contributed by atoms with Crippen molar-refractivity contribution in [1.82, 2.24) is 9.80 Å². The van der Waals surface area contributed by atoms with E-state index in [-0.39, 0.29) is 11.3 Å². The summed E-state index contributed by atoms with van der Waals surface area (Å²) in [5.41, 5.74) is 2.95. The lowest BCUT2D eigenvalue weighted by Gasteiger charge is -2.41. The van der Waals surface area contributed by atoms with Crippen molar-refractivity contribution in [3.8, 4) is 0 Å². The Hall–Kier alpha value is -1.88. The van der Waals surface area contributed by atoms with E-state index in [1.54, 1.807) is 0 Å². The Morgan fingerprint density at radius 2 is 1.55 bits per heavy atom. The molecule has 1 aromatic rings. The molecule has 4 aliphatic rings. The lowest BCUT2D eigenvalue weighted by Crippen LogP contribution is -2.45. The first-order valence-electron chi connectivity index (χ1n) is 12.4. The number of fused-ring (bicyclic) bond motifs is 2. The first-order chi connectivity index (χ1) is 15.1. The van der Waals surface area contributed by atoms with Gasteiger partial charge in [0.2, 0.25) is 11.8 Å². The lowest BCUT2D eigenvalue weighted by atomic mass is 9.73. The number of likely N-dealkylation sites (tertiary alicyclic amines) is 1. The molecule has 1 aromatic carbocycles. The van der Waals surface area contributed by atoms with Gasteiger partial charge in [-0.1, -0.05) is 37.1 Å². The molecule has 5 nitrogen and oxygen atoms in total. The van der Waals surface area contributed by atoms with E-state index in [9.17, 15) is 9.59 Å². The molecule has 1 spiro atoms. The Kier molecular flexibility index (Phi) is 6.05. The standard InChI is InChI=1S/C26H36N2O3/c29-24(17-20-5-1-2-6-20)27-11-9-26(10-12-27)19-21(22-7-3-4-8-23(22)26)18-25(30)28-13-15-31-16-14-28/h3-4,7-8,20-21H,1-2,5-6,9-19H2/t21-/m0/s1. The van der Waals surface area contributed by atoms with Gasteiger partial charge in [0, 0.05) is 39.0 Å². The molecule has 0 bridgehead atoms. The molecular formula is C26H36N2O3. The Morgan fingerprint density at radius 1 is 0.903 bits per heavy atom. The SMILES string of the molecule is O=C(CC1CCCC1)N1CCC2(CC1)C[C@H](CC(=O)N1CCOCC1)c1ccccc12. The minimum Gasteiger partial charge on any atom is -0.378 e. The van der Waals surface area contributed by atoms with E-state index in [2.05, 4.69) is 29.2 Å². The first kappa shape index (κ1) is 21.0. The zero-order valence-corrected chi connectivity index (χ0v) is 18.7. The Morgan fingerprint density at radius 3 is 2.29 bits per heavy atom. The fourth-order valence-corrected chi connectivity index (χ4v) is 6.61. The molecular weight excluding hydrogens is 388 g/mol. The minimum atomic E-state index is 0.136. The highest BCUT2D eigenvalue weighted by atomic mass is 16.5. The van der Waals surface area contributed by atoms with Crippen LogP contribution in [0, 0.1) is 5.92 Å². The molecule has 0 unspecified atom stereocenters. The third-order valence-corrected chi connectivity index (χ3v) is 8.41. The van der Waals surface area contributed by atoms with Crippen molar-refractivity contribution in [3.05, 3.63) is 35.4 Å². The van der Waals surface area contributed by atoms with Crippen molar-refractivity contribution in [3.63, 3.8) is 0 Å². The molecule has 2 amide bonds. The predicted octanol–water partition coefficient (Wildman–Crippen LogP) is 3.86. The van der Waals surface area contributed by atoms with E-state index in [4.69, 9.17) is 4.74 Å². The molecule has 5 heteroatoms. The Balaban J connectivity index is 1.25. The van der Waals surface area contributed by atoms with Gasteiger partial charge < -0.3 is 14.5 Å². The number of carbonyl (C=O) groups excluding carboxylic acids is 2. The van der Waals surface area contributed by atoms with Crippen molar-refractivity contribution >= 4 is 11.8 Å². The second-order valence-corrected chi connectivity index (χ2v) is 10.2. The van der Waals surface area contributed by atoms with Crippen LogP contribution in [-0.4, -0.2) is 61.0 Å². The Bertz CT molecular complexity index is 803.